The summed E-state index contributed by atoms with van der Waals surface area (Å²) in [5.41, 5.74) is 0. The molecule has 6 heteroatoms. The summed E-state index contributed by atoms with van der Waals surface area (Å²) in [5.74, 6) is 0. The molecule has 0 aliphatic heterocycles. The zero-order chi connectivity index (χ0) is 14.3. The fourth-order valence-corrected chi connectivity index (χ4v) is 3.10. The predicted octanol–water partition coefficient (Wildman–Crippen LogP) is 0.979. The van der Waals surface area contributed by atoms with Crippen molar-refractivity contribution in [3.63, 3.8) is 0 Å². The fraction of sp³-hybridized carbons (Fsp3) is 0.692. The second kappa shape index (κ2) is 7.79. The molecule has 0 aromatic rings. The lowest BCUT2D eigenvalue weighted by atomic mass is 10.4. The minimum absolute atomic E-state index is 0.305. The largest absolute Gasteiger partial charge is 0.314 e. The van der Waals surface area contributed by atoms with Gasteiger partial charge in [0.1, 0.15) is 0 Å². The SMILES string of the molecule is C=CCN(CC=C)S(=O)(=O)N(C)CCCNC1CC1. The van der Waals surface area contributed by atoms with E-state index in [-0.39, 0.29) is 0 Å². The van der Waals surface area contributed by atoms with E-state index in [4.69, 9.17) is 0 Å². The summed E-state index contributed by atoms with van der Waals surface area (Å²) in [4.78, 5) is 0. The molecule has 0 radical (unpaired) electrons. The van der Waals surface area contributed by atoms with Gasteiger partial charge in [-0.1, -0.05) is 12.2 Å². The number of rotatable bonds is 11. The topological polar surface area (TPSA) is 52.7 Å². The van der Waals surface area contributed by atoms with Gasteiger partial charge >= 0.3 is 0 Å². The van der Waals surface area contributed by atoms with E-state index < -0.39 is 10.2 Å². The first kappa shape index (κ1) is 16.4. The van der Waals surface area contributed by atoms with E-state index in [1.807, 2.05) is 0 Å². The molecular weight excluding hydrogens is 262 g/mol. The Labute approximate surface area is 117 Å². The van der Waals surface area contributed by atoms with Crippen LogP contribution in [0.1, 0.15) is 19.3 Å². The Hall–Kier alpha value is -0.690. The van der Waals surface area contributed by atoms with Crippen LogP contribution >= 0.6 is 0 Å². The van der Waals surface area contributed by atoms with Crippen LogP contribution in [-0.2, 0) is 10.2 Å². The van der Waals surface area contributed by atoms with Gasteiger partial charge < -0.3 is 5.32 Å². The Morgan fingerprint density at radius 2 is 1.84 bits per heavy atom. The molecule has 19 heavy (non-hydrogen) atoms. The average molecular weight is 287 g/mol. The summed E-state index contributed by atoms with van der Waals surface area (Å²) in [6.07, 6.45) is 6.50. The van der Waals surface area contributed by atoms with Crippen molar-refractivity contribution in [3.8, 4) is 0 Å². The van der Waals surface area contributed by atoms with Crippen molar-refractivity contribution in [2.75, 3.05) is 33.2 Å². The van der Waals surface area contributed by atoms with Crippen LogP contribution in [0.5, 0.6) is 0 Å². The normalized spacial score (nSPS) is 15.9. The van der Waals surface area contributed by atoms with E-state index in [2.05, 4.69) is 18.5 Å². The smallest absolute Gasteiger partial charge is 0.282 e. The van der Waals surface area contributed by atoms with Crippen molar-refractivity contribution >= 4 is 10.2 Å². The van der Waals surface area contributed by atoms with Gasteiger partial charge in [-0.25, -0.2) is 0 Å². The van der Waals surface area contributed by atoms with Crippen LogP contribution in [0.2, 0.25) is 0 Å². The lowest BCUT2D eigenvalue weighted by Gasteiger charge is -2.25. The summed E-state index contributed by atoms with van der Waals surface area (Å²) in [7, 11) is -1.80. The van der Waals surface area contributed by atoms with Gasteiger partial charge in [0.15, 0.2) is 0 Å². The van der Waals surface area contributed by atoms with Gasteiger partial charge in [0.2, 0.25) is 0 Å². The van der Waals surface area contributed by atoms with Crippen LogP contribution in [0, 0.1) is 0 Å². The highest BCUT2D eigenvalue weighted by molar-refractivity contribution is 7.86. The first-order chi connectivity index (χ1) is 9.02. The quantitative estimate of drug-likeness (QED) is 0.455. The molecule has 1 N–H and O–H groups in total. The lowest BCUT2D eigenvalue weighted by Crippen LogP contribution is -2.42. The third kappa shape index (κ3) is 5.44. The Morgan fingerprint density at radius 1 is 1.26 bits per heavy atom. The third-order valence-electron chi connectivity index (χ3n) is 3.05. The molecule has 1 aliphatic rings. The van der Waals surface area contributed by atoms with Crippen LogP contribution in [0.25, 0.3) is 0 Å². The average Bonchev–Trinajstić information content (AvgIpc) is 3.18. The molecule has 0 aromatic carbocycles. The van der Waals surface area contributed by atoms with E-state index in [1.165, 1.54) is 21.5 Å². The van der Waals surface area contributed by atoms with E-state index in [0.29, 0.717) is 25.7 Å². The molecule has 0 saturated heterocycles. The second-order valence-corrected chi connectivity index (χ2v) is 6.84. The van der Waals surface area contributed by atoms with Gasteiger partial charge in [-0.2, -0.15) is 17.0 Å². The molecule has 1 aliphatic carbocycles. The Balaban J connectivity index is 2.42. The molecular formula is C13H25N3O2S. The molecule has 1 rings (SSSR count). The maximum atomic E-state index is 12.3. The van der Waals surface area contributed by atoms with Gasteiger partial charge in [0, 0.05) is 32.7 Å². The molecule has 110 valence electrons. The van der Waals surface area contributed by atoms with Gasteiger partial charge in [0.25, 0.3) is 10.2 Å². The van der Waals surface area contributed by atoms with Crippen molar-refractivity contribution in [1.82, 2.24) is 13.9 Å². The first-order valence-corrected chi connectivity index (χ1v) is 8.08. The van der Waals surface area contributed by atoms with Crippen LogP contribution in [0.15, 0.2) is 25.3 Å². The highest BCUT2D eigenvalue weighted by atomic mass is 32.2. The Kier molecular flexibility index (Phi) is 6.71. The van der Waals surface area contributed by atoms with E-state index in [1.54, 1.807) is 19.2 Å². The van der Waals surface area contributed by atoms with E-state index >= 15 is 0 Å². The lowest BCUT2D eigenvalue weighted by molar-refractivity contribution is 0.387. The molecule has 0 aromatic heterocycles. The fourth-order valence-electron chi connectivity index (χ4n) is 1.76. The molecule has 0 spiro atoms. The Morgan fingerprint density at radius 3 is 2.32 bits per heavy atom. The maximum Gasteiger partial charge on any atom is 0.282 e. The van der Waals surface area contributed by atoms with Crippen molar-refractivity contribution in [3.05, 3.63) is 25.3 Å². The first-order valence-electron chi connectivity index (χ1n) is 6.69. The van der Waals surface area contributed by atoms with Gasteiger partial charge in [0.05, 0.1) is 0 Å². The molecule has 0 atom stereocenters. The standard InChI is InChI=1S/C13H25N3O2S/c1-4-10-16(11-5-2)19(17,18)15(3)12-6-9-14-13-7-8-13/h4-5,13-14H,1-2,6-12H2,3H3. The Bertz CT molecular complexity index is 381. The monoisotopic (exact) mass is 287 g/mol. The third-order valence-corrected chi connectivity index (χ3v) is 4.97. The van der Waals surface area contributed by atoms with Crippen molar-refractivity contribution in [1.29, 1.82) is 0 Å². The molecule has 0 amide bonds. The highest BCUT2D eigenvalue weighted by Crippen LogP contribution is 2.18. The molecule has 0 heterocycles. The maximum absolute atomic E-state index is 12.3. The summed E-state index contributed by atoms with van der Waals surface area (Å²) in [6.45, 7) is 9.18. The minimum atomic E-state index is -3.41. The zero-order valence-corrected chi connectivity index (χ0v) is 12.5. The number of hydrogen-bond donors (Lipinski definition) is 1. The molecule has 0 bridgehead atoms. The summed E-state index contributed by atoms with van der Waals surface area (Å²) in [5, 5.41) is 3.38. The van der Waals surface area contributed by atoms with Crippen molar-refractivity contribution in [2.24, 2.45) is 0 Å². The number of nitrogens with zero attached hydrogens (tertiary/aromatic N) is 2. The van der Waals surface area contributed by atoms with Crippen molar-refractivity contribution in [2.45, 2.75) is 25.3 Å². The van der Waals surface area contributed by atoms with Crippen LogP contribution < -0.4 is 5.32 Å². The predicted molar refractivity (Wildman–Crippen MR) is 79.2 cm³/mol. The molecule has 0 unspecified atom stereocenters. The zero-order valence-electron chi connectivity index (χ0n) is 11.7. The summed E-state index contributed by atoms with van der Waals surface area (Å²) >= 11 is 0. The van der Waals surface area contributed by atoms with Crippen LogP contribution in [-0.4, -0.2) is 56.3 Å². The molecule has 1 fully saturated rings. The summed E-state index contributed by atoms with van der Waals surface area (Å²) in [6, 6.07) is 0.667. The van der Waals surface area contributed by atoms with E-state index in [9.17, 15) is 8.42 Å². The highest BCUT2D eigenvalue weighted by Gasteiger charge is 2.25. The van der Waals surface area contributed by atoms with Crippen LogP contribution in [0.3, 0.4) is 0 Å². The van der Waals surface area contributed by atoms with E-state index in [0.717, 1.165) is 13.0 Å². The molecule has 5 nitrogen and oxygen atoms in total. The van der Waals surface area contributed by atoms with Gasteiger partial charge in [-0.05, 0) is 25.8 Å². The number of nitrogens with one attached hydrogen (secondary N) is 1. The minimum Gasteiger partial charge on any atom is -0.314 e. The second-order valence-electron chi connectivity index (χ2n) is 4.81. The van der Waals surface area contributed by atoms with Gasteiger partial charge in [-0.15, -0.1) is 13.2 Å². The van der Waals surface area contributed by atoms with Crippen LogP contribution in [0.4, 0.5) is 0 Å². The molecule has 1 saturated carbocycles. The van der Waals surface area contributed by atoms with Gasteiger partial charge in [-0.3, -0.25) is 0 Å². The van der Waals surface area contributed by atoms with Crippen molar-refractivity contribution < 1.29 is 8.42 Å². The number of hydrogen-bond acceptors (Lipinski definition) is 3. The summed E-state index contributed by atoms with van der Waals surface area (Å²) < 4.78 is 27.3.